The van der Waals surface area contributed by atoms with E-state index >= 15 is 0 Å². The predicted octanol–water partition coefficient (Wildman–Crippen LogP) is 3.58. The molecule has 2 aromatic carbocycles. The second-order valence-electron chi connectivity index (χ2n) is 5.51. The number of benzene rings is 2. The summed E-state index contributed by atoms with van der Waals surface area (Å²) in [6, 6.07) is 17.7. The number of fused-ring (bicyclic) bond motifs is 1. The van der Waals surface area contributed by atoms with Gasteiger partial charge in [0, 0.05) is 11.8 Å². The number of aromatic amines is 1. The molecule has 5 heteroatoms. The Kier molecular flexibility index (Phi) is 3.46. The highest BCUT2D eigenvalue weighted by atomic mass is 19.1. The average molecular weight is 319 g/mol. The van der Waals surface area contributed by atoms with Gasteiger partial charge in [-0.2, -0.15) is 0 Å². The summed E-state index contributed by atoms with van der Waals surface area (Å²) in [7, 11) is 0. The van der Waals surface area contributed by atoms with E-state index in [0.717, 1.165) is 11.0 Å². The summed E-state index contributed by atoms with van der Waals surface area (Å²) in [5.41, 5.74) is 2.42. The van der Waals surface area contributed by atoms with Crippen molar-refractivity contribution in [2.45, 2.75) is 6.54 Å². The number of hydrogen-bond donors (Lipinski definition) is 1. The fourth-order valence-electron chi connectivity index (χ4n) is 2.84. The van der Waals surface area contributed by atoms with Crippen LogP contribution in [0.15, 0.2) is 71.7 Å². The molecule has 0 aliphatic rings. The van der Waals surface area contributed by atoms with E-state index in [1.165, 1.54) is 6.07 Å². The maximum absolute atomic E-state index is 14.1. The fraction of sp³-hybridized carbons (Fsp3) is 0.0526. The lowest BCUT2D eigenvalue weighted by molar-refractivity contribution is 0.602. The molecule has 4 rings (SSSR count). The molecule has 0 radical (unpaired) electrons. The number of hydrogen-bond acceptors (Lipinski definition) is 2. The second kappa shape index (κ2) is 5.77. The van der Waals surface area contributed by atoms with Gasteiger partial charge in [-0.1, -0.05) is 30.3 Å². The van der Waals surface area contributed by atoms with E-state index in [0.29, 0.717) is 23.5 Å². The largest absolute Gasteiger partial charge is 0.328 e. The van der Waals surface area contributed by atoms with Crippen LogP contribution in [0.2, 0.25) is 0 Å². The van der Waals surface area contributed by atoms with Crippen molar-refractivity contribution in [2.24, 2.45) is 0 Å². The molecule has 24 heavy (non-hydrogen) atoms. The number of nitrogens with one attached hydrogen (secondary N) is 1. The summed E-state index contributed by atoms with van der Waals surface area (Å²) >= 11 is 0. The molecular weight excluding hydrogens is 305 g/mol. The summed E-state index contributed by atoms with van der Waals surface area (Å²) in [5, 5.41) is 0. The molecule has 4 nitrogen and oxygen atoms in total. The SMILES string of the molecule is O=c1[nH]cccc1-c1nc2ccccc2n1Cc1ccccc1F. The number of halogens is 1. The van der Waals surface area contributed by atoms with Gasteiger partial charge in [0.1, 0.15) is 11.6 Å². The quantitative estimate of drug-likeness (QED) is 0.627. The highest BCUT2D eigenvalue weighted by Gasteiger charge is 2.16. The molecule has 0 amide bonds. The summed E-state index contributed by atoms with van der Waals surface area (Å²) < 4.78 is 16.0. The van der Waals surface area contributed by atoms with Gasteiger partial charge in [-0.05, 0) is 30.3 Å². The number of imidazole rings is 1. The average Bonchev–Trinajstić information content (AvgIpc) is 2.96. The molecule has 2 aromatic heterocycles. The number of rotatable bonds is 3. The van der Waals surface area contributed by atoms with E-state index in [1.807, 2.05) is 28.8 Å². The molecule has 0 aliphatic heterocycles. The van der Waals surface area contributed by atoms with E-state index in [9.17, 15) is 9.18 Å². The van der Waals surface area contributed by atoms with Gasteiger partial charge in [0.25, 0.3) is 5.56 Å². The molecular formula is C19H14FN3O. The van der Waals surface area contributed by atoms with Crippen molar-refractivity contribution >= 4 is 11.0 Å². The molecule has 0 bridgehead atoms. The first-order valence-electron chi connectivity index (χ1n) is 7.61. The van der Waals surface area contributed by atoms with E-state index in [-0.39, 0.29) is 11.4 Å². The first kappa shape index (κ1) is 14.4. The lowest BCUT2D eigenvalue weighted by atomic mass is 10.2. The van der Waals surface area contributed by atoms with E-state index < -0.39 is 0 Å². The number of aromatic nitrogens is 3. The van der Waals surface area contributed by atoms with Gasteiger partial charge in [0.05, 0.1) is 23.1 Å². The molecule has 0 aliphatic carbocycles. The zero-order chi connectivity index (χ0) is 16.5. The number of para-hydroxylation sites is 2. The van der Waals surface area contributed by atoms with E-state index in [1.54, 1.807) is 36.5 Å². The fourth-order valence-corrected chi connectivity index (χ4v) is 2.84. The van der Waals surface area contributed by atoms with Crippen LogP contribution in [0.4, 0.5) is 4.39 Å². The summed E-state index contributed by atoms with van der Waals surface area (Å²) in [5.74, 6) is 0.254. The van der Waals surface area contributed by atoms with Crippen LogP contribution in [0, 0.1) is 5.82 Å². The minimum atomic E-state index is -0.275. The Morgan fingerprint density at radius 3 is 2.62 bits per heavy atom. The molecule has 4 aromatic rings. The standard InChI is InChI=1S/C19H14FN3O/c20-15-8-2-1-6-13(15)12-23-17-10-4-3-9-16(17)22-18(23)14-7-5-11-21-19(14)24/h1-11H,12H2,(H,21,24). The van der Waals surface area contributed by atoms with Crippen LogP contribution < -0.4 is 5.56 Å². The molecule has 0 spiro atoms. The first-order chi connectivity index (χ1) is 11.7. The summed E-state index contributed by atoms with van der Waals surface area (Å²) in [6.07, 6.45) is 1.58. The molecule has 0 fully saturated rings. The maximum Gasteiger partial charge on any atom is 0.258 e. The van der Waals surface area contributed by atoms with E-state index in [2.05, 4.69) is 9.97 Å². The van der Waals surface area contributed by atoms with Gasteiger partial charge >= 0.3 is 0 Å². The van der Waals surface area contributed by atoms with Gasteiger partial charge in [-0.25, -0.2) is 9.37 Å². The Morgan fingerprint density at radius 2 is 1.79 bits per heavy atom. The highest BCUT2D eigenvalue weighted by molar-refractivity contribution is 5.80. The predicted molar refractivity (Wildman–Crippen MR) is 91.3 cm³/mol. The second-order valence-corrected chi connectivity index (χ2v) is 5.51. The third-order valence-electron chi connectivity index (χ3n) is 4.00. The van der Waals surface area contributed by atoms with Crippen LogP contribution in [0.3, 0.4) is 0 Å². The topological polar surface area (TPSA) is 50.7 Å². The monoisotopic (exact) mass is 319 g/mol. The zero-order valence-electron chi connectivity index (χ0n) is 12.7. The molecule has 0 unspecified atom stereocenters. The minimum absolute atomic E-state index is 0.220. The smallest absolute Gasteiger partial charge is 0.258 e. The Morgan fingerprint density at radius 1 is 1.00 bits per heavy atom. The number of H-pyrrole nitrogens is 1. The van der Waals surface area contributed by atoms with Crippen molar-refractivity contribution in [3.8, 4) is 11.4 Å². The molecule has 2 heterocycles. The third kappa shape index (κ3) is 2.40. The van der Waals surface area contributed by atoms with Crippen molar-refractivity contribution < 1.29 is 4.39 Å². The van der Waals surface area contributed by atoms with Crippen molar-refractivity contribution in [1.82, 2.24) is 14.5 Å². The molecule has 1 N–H and O–H groups in total. The zero-order valence-corrected chi connectivity index (χ0v) is 12.7. The van der Waals surface area contributed by atoms with Crippen molar-refractivity contribution in [1.29, 1.82) is 0 Å². The summed E-state index contributed by atoms with van der Waals surface area (Å²) in [6.45, 7) is 0.302. The van der Waals surface area contributed by atoms with Gasteiger partial charge < -0.3 is 9.55 Å². The number of pyridine rings is 1. The maximum atomic E-state index is 14.1. The normalized spacial score (nSPS) is 11.0. The van der Waals surface area contributed by atoms with Crippen LogP contribution in [-0.4, -0.2) is 14.5 Å². The lowest BCUT2D eigenvalue weighted by Gasteiger charge is -2.10. The third-order valence-corrected chi connectivity index (χ3v) is 4.00. The Balaban J connectivity index is 1.96. The first-order valence-corrected chi connectivity index (χ1v) is 7.61. The van der Waals surface area contributed by atoms with Crippen LogP contribution in [0.1, 0.15) is 5.56 Å². The van der Waals surface area contributed by atoms with Crippen molar-refractivity contribution in [3.63, 3.8) is 0 Å². The molecule has 0 saturated heterocycles. The van der Waals surface area contributed by atoms with Crippen LogP contribution in [0.25, 0.3) is 22.4 Å². The van der Waals surface area contributed by atoms with Gasteiger partial charge in [0.15, 0.2) is 0 Å². The lowest BCUT2D eigenvalue weighted by Crippen LogP contribution is -2.12. The van der Waals surface area contributed by atoms with Gasteiger partial charge in [0.2, 0.25) is 0 Å². The number of nitrogens with zero attached hydrogens (tertiary/aromatic N) is 2. The Bertz CT molecular complexity index is 1080. The Hall–Kier alpha value is -3.21. The molecule has 118 valence electrons. The minimum Gasteiger partial charge on any atom is -0.328 e. The molecule has 0 atom stereocenters. The summed E-state index contributed by atoms with van der Waals surface area (Å²) in [4.78, 5) is 19.4. The molecule has 0 saturated carbocycles. The van der Waals surface area contributed by atoms with E-state index in [4.69, 9.17) is 0 Å². The van der Waals surface area contributed by atoms with Crippen molar-refractivity contribution in [2.75, 3.05) is 0 Å². The van der Waals surface area contributed by atoms with Crippen molar-refractivity contribution in [3.05, 3.63) is 88.6 Å². The van der Waals surface area contributed by atoms with Crippen LogP contribution >= 0.6 is 0 Å². The van der Waals surface area contributed by atoms with Crippen LogP contribution in [0.5, 0.6) is 0 Å². The van der Waals surface area contributed by atoms with Gasteiger partial charge in [-0.3, -0.25) is 4.79 Å². The van der Waals surface area contributed by atoms with Gasteiger partial charge in [-0.15, -0.1) is 0 Å². The highest BCUT2D eigenvalue weighted by Crippen LogP contribution is 2.24. The van der Waals surface area contributed by atoms with Crippen LogP contribution in [-0.2, 0) is 6.54 Å². The Labute approximate surface area is 137 Å².